The van der Waals surface area contributed by atoms with Gasteiger partial charge < -0.3 is 5.32 Å². The largest absolute Gasteiger partial charge is 0.303 e. The second-order valence-corrected chi connectivity index (χ2v) is 2.97. The first-order valence-electron chi connectivity index (χ1n) is 3.77. The number of terminal acetylenes is 1. The van der Waals surface area contributed by atoms with Crippen molar-refractivity contribution in [1.82, 2.24) is 5.32 Å². The Labute approximate surface area is 81.9 Å². The molecule has 0 spiro atoms. The third-order valence-electron chi connectivity index (χ3n) is 1.73. The lowest BCUT2D eigenvalue weighted by Gasteiger charge is -2.09. The number of hydrogen-bond acceptors (Lipinski definition) is 1. The fourth-order valence-electron chi connectivity index (χ4n) is 1.04. The van der Waals surface area contributed by atoms with Crippen LogP contribution in [0.2, 0.25) is 5.02 Å². The van der Waals surface area contributed by atoms with E-state index in [1.807, 2.05) is 0 Å². The molecule has 0 amide bonds. The van der Waals surface area contributed by atoms with Crippen LogP contribution in [-0.2, 0) is 0 Å². The predicted octanol–water partition coefficient (Wildman–Crippen LogP) is 2.37. The van der Waals surface area contributed by atoms with Crippen LogP contribution in [0.25, 0.3) is 0 Å². The van der Waals surface area contributed by atoms with Crippen molar-refractivity contribution in [2.75, 3.05) is 7.05 Å². The lowest BCUT2D eigenvalue weighted by molar-refractivity contribution is 0.625. The normalized spacial score (nSPS) is 12.2. The summed E-state index contributed by atoms with van der Waals surface area (Å²) >= 11 is 5.60. The maximum absolute atomic E-state index is 12.8. The van der Waals surface area contributed by atoms with Gasteiger partial charge in [-0.15, -0.1) is 6.42 Å². The van der Waals surface area contributed by atoms with Gasteiger partial charge in [0.2, 0.25) is 0 Å². The highest BCUT2D eigenvalue weighted by Crippen LogP contribution is 2.20. The molecule has 0 saturated carbocycles. The standard InChI is InChI=1S/C10H9ClFN/c1-3-10(13-2)7-4-5-9(12)8(11)6-7/h1,4-6,10,13H,2H3. The molecular formula is C10H9ClFN. The molecule has 1 aromatic rings. The Morgan fingerprint density at radius 3 is 2.77 bits per heavy atom. The van der Waals surface area contributed by atoms with Crippen molar-refractivity contribution in [3.63, 3.8) is 0 Å². The van der Waals surface area contributed by atoms with Crippen molar-refractivity contribution in [3.05, 3.63) is 34.6 Å². The summed E-state index contributed by atoms with van der Waals surface area (Å²) in [6, 6.07) is 4.22. The minimum Gasteiger partial charge on any atom is -0.303 e. The zero-order chi connectivity index (χ0) is 9.84. The summed E-state index contributed by atoms with van der Waals surface area (Å²) in [5, 5.41) is 2.99. The summed E-state index contributed by atoms with van der Waals surface area (Å²) < 4.78 is 12.8. The van der Waals surface area contributed by atoms with Crippen LogP contribution in [0.4, 0.5) is 4.39 Å². The molecule has 13 heavy (non-hydrogen) atoms. The molecule has 0 bridgehead atoms. The van der Waals surface area contributed by atoms with E-state index >= 15 is 0 Å². The Morgan fingerprint density at radius 1 is 1.62 bits per heavy atom. The molecule has 1 atom stereocenters. The number of halogens is 2. The summed E-state index contributed by atoms with van der Waals surface area (Å²) in [7, 11) is 1.74. The molecule has 68 valence electrons. The summed E-state index contributed by atoms with van der Waals surface area (Å²) in [5.41, 5.74) is 0.788. The number of nitrogens with one attached hydrogen (secondary N) is 1. The van der Waals surface area contributed by atoms with Gasteiger partial charge in [-0.1, -0.05) is 23.6 Å². The molecular weight excluding hydrogens is 189 g/mol. The highest BCUT2D eigenvalue weighted by Gasteiger charge is 2.07. The third kappa shape index (κ3) is 2.21. The van der Waals surface area contributed by atoms with Crippen molar-refractivity contribution in [1.29, 1.82) is 0 Å². The van der Waals surface area contributed by atoms with Gasteiger partial charge in [0.15, 0.2) is 0 Å². The highest BCUT2D eigenvalue weighted by atomic mass is 35.5. The van der Waals surface area contributed by atoms with E-state index in [0.29, 0.717) is 0 Å². The Kier molecular flexibility index (Phi) is 3.30. The number of hydrogen-bond donors (Lipinski definition) is 1. The lowest BCUT2D eigenvalue weighted by Crippen LogP contribution is -2.14. The van der Waals surface area contributed by atoms with Crippen molar-refractivity contribution in [3.8, 4) is 12.3 Å². The SMILES string of the molecule is C#CC(NC)c1ccc(F)c(Cl)c1. The van der Waals surface area contributed by atoms with Gasteiger partial charge in [-0.2, -0.15) is 0 Å². The van der Waals surface area contributed by atoms with E-state index in [-0.39, 0.29) is 11.1 Å². The van der Waals surface area contributed by atoms with Crippen molar-refractivity contribution < 1.29 is 4.39 Å². The molecule has 0 fully saturated rings. The van der Waals surface area contributed by atoms with Gasteiger partial charge in [-0.25, -0.2) is 4.39 Å². The van der Waals surface area contributed by atoms with Gasteiger partial charge in [0.1, 0.15) is 5.82 Å². The van der Waals surface area contributed by atoms with Crippen molar-refractivity contribution in [2.24, 2.45) is 0 Å². The van der Waals surface area contributed by atoms with Gasteiger partial charge in [0.05, 0.1) is 11.1 Å². The van der Waals surface area contributed by atoms with Gasteiger partial charge in [0, 0.05) is 0 Å². The first kappa shape index (κ1) is 10.0. The van der Waals surface area contributed by atoms with E-state index in [1.165, 1.54) is 12.1 Å². The fourth-order valence-corrected chi connectivity index (χ4v) is 1.23. The summed E-state index contributed by atoms with van der Waals surface area (Å²) in [5.74, 6) is 2.09. The van der Waals surface area contributed by atoms with Crippen LogP contribution in [-0.4, -0.2) is 7.05 Å². The molecule has 1 rings (SSSR count). The molecule has 0 aliphatic carbocycles. The summed E-state index contributed by atoms with van der Waals surface area (Å²) in [6.07, 6.45) is 5.25. The van der Waals surface area contributed by atoms with E-state index < -0.39 is 5.82 Å². The number of rotatable bonds is 2. The molecule has 0 aliphatic heterocycles. The summed E-state index contributed by atoms with van der Waals surface area (Å²) in [4.78, 5) is 0. The minimum atomic E-state index is -0.433. The van der Waals surface area contributed by atoms with Crippen LogP contribution in [0.5, 0.6) is 0 Å². The highest BCUT2D eigenvalue weighted by molar-refractivity contribution is 6.30. The Morgan fingerprint density at radius 2 is 2.31 bits per heavy atom. The Bertz CT molecular complexity index is 343. The van der Waals surface area contributed by atoms with Crippen molar-refractivity contribution >= 4 is 11.6 Å². The molecule has 0 heterocycles. The van der Waals surface area contributed by atoms with Crippen LogP contribution in [0.3, 0.4) is 0 Å². The molecule has 0 radical (unpaired) electrons. The first-order chi connectivity index (χ1) is 6.19. The van der Waals surface area contributed by atoms with E-state index in [0.717, 1.165) is 5.56 Å². The van der Waals surface area contributed by atoms with Crippen LogP contribution in [0.15, 0.2) is 18.2 Å². The van der Waals surface area contributed by atoms with Crippen molar-refractivity contribution in [2.45, 2.75) is 6.04 Å². The molecule has 0 aromatic heterocycles. The van der Waals surface area contributed by atoms with Gasteiger partial charge in [0.25, 0.3) is 0 Å². The summed E-state index contributed by atoms with van der Waals surface area (Å²) in [6.45, 7) is 0. The molecule has 0 aliphatic rings. The maximum Gasteiger partial charge on any atom is 0.141 e. The zero-order valence-electron chi connectivity index (χ0n) is 7.14. The van der Waals surface area contributed by atoms with Crippen LogP contribution < -0.4 is 5.32 Å². The van der Waals surface area contributed by atoms with Gasteiger partial charge >= 0.3 is 0 Å². The molecule has 1 unspecified atom stereocenters. The molecule has 1 N–H and O–H groups in total. The quantitative estimate of drug-likeness (QED) is 0.718. The molecule has 3 heteroatoms. The van der Waals surface area contributed by atoms with E-state index in [9.17, 15) is 4.39 Å². The van der Waals surface area contributed by atoms with Crippen LogP contribution in [0, 0.1) is 18.2 Å². The first-order valence-corrected chi connectivity index (χ1v) is 4.15. The average molecular weight is 198 g/mol. The third-order valence-corrected chi connectivity index (χ3v) is 2.02. The Balaban J connectivity index is 3.04. The van der Waals surface area contributed by atoms with E-state index in [4.69, 9.17) is 18.0 Å². The molecule has 1 aromatic carbocycles. The predicted molar refractivity (Wildman–Crippen MR) is 52.0 cm³/mol. The van der Waals surface area contributed by atoms with Gasteiger partial charge in [-0.3, -0.25) is 0 Å². The molecule has 1 nitrogen and oxygen atoms in total. The Hall–Kier alpha value is -1.04. The topological polar surface area (TPSA) is 12.0 Å². The maximum atomic E-state index is 12.8. The minimum absolute atomic E-state index is 0.0907. The zero-order valence-corrected chi connectivity index (χ0v) is 7.90. The second kappa shape index (κ2) is 4.27. The van der Waals surface area contributed by atoms with Crippen LogP contribution in [0.1, 0.15) is 11.6 Å². The van der Waals surface area contributed by atoms with E-state index in [2.05, 4.69) is 11.2 Å². The fraction of sp³-hybridized carbons (Fsp3) is 0.200. The van der Waals surface area contributed by atoms with Gasteiger partial charge in [-0.05, 0) is 24.7 Å². The monoisotopic (exact) mass is 197 g/mol. The van der Waals surface area contributed by atoms with E-state index in [1.54, 1.807) is 13.1 Å². The second-order valence-electron chi connectivity index (χ2n) is 2.56. The smallest absolute Gasteiger partial charge is 0.141 e. The van der Waals surface area contributed by atoms with Crippen LogP contribution >= 0.6 is 11.6 Å². The average Bonchev–Trinajstić information content (AvgIpc) is 2.13. The number of benzene rings is 1. The molecule has 0 saturated heterocycles. The lowest BCUT2D eigenvalue weighted by atomic mass is 10.1.